The fourth-order valence-electron chi connectivity index (χ4n) is 1.74. The maximum atomic E-state index is 5.98. The van der Waals surface area contributed by atoms with E-state index in [1.165, 1.54) is 5.56 Å². The van der Waals surface area contributed by atoms with Gasteiger partial charge in [0.1, 0.15) is 5.82 Å². The molecule has 3 rings (SSSR count). The third-order valence-electron chi connectivity index (χ3n) is 2.63. The van der Waals surface area contributed by atoms with Crippen LogP contribution in [0.3, 0.4) is 0 Å². The molecule has 1 aromatic carbocycles. The van der Waals surface area contributed by atoms with Crippen molar-refractivity contribution in [3.8, 4) is 11.4 Å². The SMILES string of the molecule is Cc1cscc1-c1nc2cc(Cl)c(Cl)cc2[nH]1. The van der Waals surface area contributed by atoms with Crippen LogP contribution < -0.4 is 0 Å². The van der Waals surface area contributed by atoms with Gasteiger partial charge in [0.05, 0.1) is 21.1 Å². The van der Waals surface area contributed by atoms with Gasteiger partial charge < -0.3 is 4.98 Å². The Morgan fingerprint density at radius 2 is 1.94 bits per heavy atom. The van der Waals surface area contributed by atoms with Crippen LogP contribution in [0.4, 0.5) is 0 Å². The maximum Gasteiger partial charge on any atom is 0.139 e. The number of nitrogens with one attached hydrogen (secondary N) is 1. The Labute approximate surface area is 112 Å². The summed E-state index contributed by atoms with van der Waals surface area (Å²) in [6.07, 6.45) is 0. The van der Waals surface area contributed by atoms with E-state index in [1.807, 2.05) is 0 Å². The first kappa shape index (κ1) is 11.1. The molecule has 0 saturated carbocycles. The van der Waals surface area contributed by atoms with Gasteiger partial charge in [-0.15, -0.1) is 0 Å². The molecule has 0 saturated heterocycles. The summed E-state index contributed by atoms with van der Waals surface area (Å²) in [6, 6.07) is 3.58. The standard InChI is InChI=1S/C12H8Cl2N2S/c1-6-4-17-5-7(6)12-15-10-2-8(13)9(14)3-11(10)16-12/h2-5H,1H3,(H,15,16). The van der Waals surface area contributed by atoms with Gasteiger partial charge in [0.15, 0.2) is 0 Å². The topological polar surface area (TPSA) is 28.7 Å². The second-order valence-corrected chi connectivity index (χ2v) is 5.40. The van der Waals surface area contributed by atoms with Gasteiger partial charge in [-0.1, -0.05) is 23.2 Å². The van der Waals surface area contributed by atoms with Crippen LogP contribution in [0.5, 0.6) is 0 Å². The zero-order chi connectivity index (χ0) is 12.0. The van der Waals surface area contributed by atoms with E-state index in [0.29, 0.717) is 10.0 Å². The average molecular weight is 283 g/mol. The van der Waals surface area contributed by atoms with E-state index < -0.39 is 0 Å². The lowest BCUT2D eigenvalue weighted by Gasteiger charge is -1.93. The molecule has 17 heavy (non-hydrogen) atoms. The van der Waals surface area contributed by atoms with Gasteiger partial charge in [0.2, 0.25) is 0 Å². The van der Waals surface area contributed by atoms with Crippen molar-refractivity contribution in [3.63, 3.8) is 0 Å². The minimum Gasteiger partial charge on any atom is -0.338 e. The smallest absolute Gasteiger partial charge is 0.139 e. The molecule has 0 atom stereocenters. The molecular weight excluding hydrogens is 275 g/mol. The second kappa shape index (κ2) is 4.02. The number of aryl methyl sites for hydroxylation is 1. The predicted octanol–water partition coefficient (Wildman–Crippen LogP) is 4.91. The van der Waals surface area contributed by atoms with E-state index in [4.69, 9.17) is 23.2 Å². The molecule has 0 aliphatic heterocycles. The summed E-state index contributed by atoms with van der Waals surface area (Å²) in [6.45, 7) is 2.07. The highest BCUT2D eigenvalue weighted by atomic mass is 35.5. The molecule has 2 heterocycles. The first-order chi connectivity index (χ1) is 8.15. The first-order valence-corrected chi connectivity index (χ1v) is 6.73. The van der Waals surface area contributed by atoms with Crippen LogP contribution in [0.25, 0.3) is 22.4 Å². The molecule has 0 unspecified atom stereocenters. The first-order valence-electron chi connectivity index (χ1n) is 5.03. The summed E-state index contributed by atoms with van der Waals surface area (Å²) in [7, 11) is 0. The highest BCUT2D eigenvalue weighted by Crippen LogP contribution is 2.30. The molecule has 1 N–H and O–H groups in total. The third-order valence-corrected chi connectivity index (χ3v) is 4.22. The summed E-state index contributed by atoms with van der Waals surface area (Å²) in [4.78, 5) is 7.79. The number of fused-ring (bicyclic) bond motifs is 1. The van der Waals surface area contributed by atoms with Crippen LogP contribution in [0.1, 0.15) is 5.56 Å². The zero-order valence-corrected chi connectivity index (χ0v) is 11.2. The lowest BCUT2D eigenvalue weighted by atomic mass is 10.2. The molecule has 0 aliphatic carbocycles. The number of imidazole rings is 1. The van der Waals surface area contributed by atoms with Crippen LogP contribution in [-0.4, -0.2) is 9.97 Å². The lowest BCUT2D eigenvalue weighted by molar-refractivity contribution is 1.32. The normalized spacial score (nSPS) is 11.2. The molecule has 0 radical (unpaired) electrons. The van der Waals surface area contributed by atoms with Crippen molar-refractivity contribution in [3.05, 3.63) is 38.5 Å². The Morgan fingerprint density at radius 3 is 2.65 bits per heavy atom. The van der Waals surface area contributed by atoms with E-state index >= 15 is 0 Å². The number of hydrogen-bond acceptors (Lipinski definition) is 2. The average Bonchev–Trinajstić information content (AvgIpc) is 2.85. The molecule has 2 nitrogen and oxygen atoms in total. The number of hydrogen-bond donors (Lipinski definition) is 1. The number of H-pyrrole nitrogens is 1. The number of aromatic nitrogens is 2. The van der Waals surface area contributed by atoms with Gasteiger partial charge in [-0.3, -0.25) is 0 Å². The highest BCUT2D eigenvalue weighted by molar-refractivity contribution is 7.08. The van der Waals surface area contributed by atoms with E-state index in [1.54, 1.807) is 23.5 Å². The summed E-state index contributed by atoms with van der Waals surface area (Å²) in [5.74, 6) is 0.858. The van der Waals surface area contributed by atoms with Gasteiger partial charge in [-0.2, -0.15) is 11.3 Å². The monoisotopic (exact) mass is 282 g/mol. The molecule has 3 aromatic rings. The summed E-state index contributed by atoms with van der Waals surface area (Å²) in [5.41, 5.74) is 4.07. The van der Waals surface area contributed by atoms with Crippen molar-refractivity contribution < 1.29 is 0 Å². The number of benzene rings is 1. The molecule has 0 bridgehead atoms. The van der Waals surface area contributed by atoms with Crippen LogP contribution >= 0.6 is 34.5 Å². The van der Waals surface area contributed by atoms with E-state index in [2.05, 4.69) is 27.7 Å². The molecular formula is C12H8Cl2N2S. The van der Waals surface area contributed by atoms with Crippen LogP contribution in [0, 0.1) is 6.92 Å². The highest BCUT2D eigenvalue weighted by Gasteiger charge is 2.10. The number of halogens is 2. The van der Waals surface area contributed by atoms with Crippen LogP contribution in [0.2, 0.25) is 10.0 Å². The quantitative estimate of drug-likeness (QED) is 0.675. The summed E-state index contributed by atoms with van der Waals surface area (Å²) in [5, 5.41) is 5.24. The Balaban J connectivity index is 2.24. The van der Waals surface area contributed by atoms with E-state index in [0.717, 1.165) is 22.4 Å². The van der Waals surface area contributed by atoms with Crippen molar-refractivity contribution >= 4 is 45.6 Å². The number of aromatic amines is 1. The fourth-order valence-corrected chi connectivity index (χ4v) is 2.89. The third kappa shape index (κ3) is 1.84. The van der Waals surface area contributed by atoms with Crippen molar-refractivity contribution in [1.29, 1.82) is 0 Å². The van der Waals surface area contributed by atoms with Crippen molar-refractivity contribution in [2.75, 3.05) is 0 Å². The van der Waals surface area contributed by atoms with E-state index in [-0.39, 0.29) is 0 Å². The molecule has 0 spiro atoms. The van der Waals surface area contributed by atoms with Crippen molar-refractivity contribution in [2.45, 2.75) is 6.92 Å². The molecule has 0 amide bonds. The van der Waals surface area contributed by atoms with Gasteiger partial charge in [-0.25, -0.2) is 4.98 Å². The lowest BCUT2D eigenvalue weighted by Crippen LogP contribution is -1.78. The van der Waals surface area contributed by atoms with Crippen LogP contribution in [0.15, 0.2) is 22.9 Å². The van der Waals surface area contributed by atoms with Gasteiger partial charge in [-0.05, 0) is 30.0 Å². The minimum atomic E-state index is 0.527. The van der Waals surface area contributed by atoms with Gasteiger partial charge in [0, 0.05) is 10.9 Å². The maximum absolute atomic E-state index is 5.98. The second-order valence-electron chi connectivity index (χ2n) is 3.84. The molecule has 0 aliphatic rings. The molecule has 5 heteroatoms. The van der Waals surface area contributed by atoms with Gasteiger partial charge in [0.25, 0.3) is 0 Å². The number of rotatable bonds is 1. The van der Waals surface area contributed by atoms with Gasteiger partial charge >= 0.3 is 0 Å². The largest absolute Gasteiger partial charge is 0.338 e. The molecule has 0 fully saturated rings. The Hall–Kier alpha value is -1.03. The number of thiophene rings is 1. The van der Waals surface area contributed by atoms with Crippen molar-refractivity contribution in [2.24, 2.45) is 0 Å². The summed E-state index contributed by atoms with van der Waals surface area (Å²) >= 11 is 13.6. The predicted molar refractivity (Wildman–Crippen MR) is 74.2 cm³/mol. The Kier molecular flexibility index (Phi) is 2.62. The summed E-state index contributed by atoms with van der Waals surface area (Å²) < 4.78 is 0. The van der Waals surface area contributed by atoms with E-state index in [9.17, 15) is 0 Å². The van der Waals surface area contributed by atoms with Crippen LogP contribution in [-0.2, 0) is 0 Å². The zero-order valence-electron chi connectivity index (χ0n) is 8.92. The molecule has 2 aromatic heterocycles. The Morgan fingerprint density at radius 1 is 1.18 bits per heavy atom. The molecule has 86 valence electrons. The van der Waals surface area contributed by atoms with Crippen molar-refractivity contribution in [1.82, 2.24) is 9.97 Å². The fraction of sp³-hybridized carbons (Fsp3) is 0.0833. The number of nitrogens with zero attached hydrogens (tertiary/aromatic N) is 1. The Bertz CT molecular complexity index is 661. The minimum absolute atomic E-state index is 0.527.